The summed E-state index contributed by atoms with van der Waals surface area (Å²) in [6, 6.07) is 5.51. The zero-order valence-corrected chi connectivity index (χ0v) is 13.6. The zero-order valence-electron chi connectivity index (χ0n) is 12.7. The first kappa shape index (κ1) is 16.2. The lowest BCUT2D eigenvalue weighted by Gasteiger charge is -2.37. The Morgan fingerprint density at radius 3 is 2.35 bits per heavy atom. The van der Waals surface area contributed by atoms with Crippen molar-refractivity contribution in [3.05, 3.63) is 30.1 Å². The van der Waals surface area contributed by atoms with Gasteiger partial charge in [-0.05, 0) is 30.7 Å². The van der Waals surface area contributed by atoms with Crippen molar-refractivity contribution in [1.29, 1.82) is 0 Å². The first-order chi connectivity index (χ1) is 10.9. The summed E-state index contributed by atoms with van der Waals surface area (Å²) in [5, 5.41) is 2.74. The van der Waals surface area contributed by atoms with E-state index >= 15 is 0 Å². The Bertz CT molecular complexity index is 670. The molecular weight excluding hydrogens is 321 g/mol. The van der Waals surface area contributed by atoms with E-state index < -0.39 is 9.84 Å². The van der Waals surface area contributed by atoms with E-state index in [4.69, 9.17) is 0 Å². The van der Waals surface area contributed by atoms with Gasteiger partial charge in [-0.25, -0.2) is 17.6 Å². The van der Waals surface area contributed by atoms with Crippen molar-refractivity contribution < 1.29 is 17.6 Å². The molecule has 3 rings (SSSR count). The molecule has 2 aliphatic heterocycles. The molecule has 0 spiro atoms. The topological polar surface area (TPSA) is 69.7 Å². The third-order valence-electron chi connectivity index (χ3n) is 4.42. The SMILES string of the molecule is O=C(Nc1ccc(F)cc1)N1CCN([C@@H]2CCS(=O)(=O)C2)CC1. The number of nitrogens with one attached hydrogen (secondary N) is 1. The van der Waals surface area contributed by atoms with Gasteiger partial charge in [-0.1, -0.05) is 0 Å². The lowest BCUT2D eigenvalue weighted by Crippen LogP contribution is -2.53. The fourth-order valence-electron chi connectivity index (χ4n) is 3.09. The zero-order chi connectivity index (χ0) is 16.4. The predicted octanol–water partition coefficient (Wildman–Crippen LogP) is 1.16. The van der Waals surface area contributed by atoms with Crippen molar-refractivity contribution >= 4 is 21.6 Å². The van der Waals surface area contributed by atoms with Crippen LogP contribution < -0.4 is 5.32 Å². The van der Waals surface area contributed by atoms with Gasteiger partial charge in [-0.2, -0.15) is 0 Å². The lowest BCUT2D eigenvalue weighted by molar-refractivity contribution is 0.121. The number of carbonyl (C=O) groups is 1. The number of amides is 2. The Hall–Kier alpha value is -1.67. The highest BCUT2D eigenvalue weighted by atomic mass is 32.2. The summed E-state index contributed by atoms with van der Waals surface area (Å²) in [7, 11) is -2.88. The molecule has 0 saturated carbocycles. The van der Waals surface area contributed by atoms with Crippen molar-refractivity contribution in [2.24, 2.45) is 0 Å². The normalized spacial score (nSPS) is 24.6. The van der Waals surface area contributed by atoms with Crippen LogP contribution in [-0.4, -0.2) is 68.0 Å². The van der Waals surface area contributed by atoms with Gasteiger partial charge in [-0.15, -0.1) is 0 Å². The van der Waals surface area contributed by atoms with E-state index in [-0.39, 0.29) is 29.4 Å². The number of urea groups is 1. The summed E-state index contributed by atoms with van der Waals surface area (Å²) in [5.41, 5.74) is 0.556. The van der Waals surface area contributed by atoms with Crippen LogP contribution in [0.25, 0.3) is 0 Å². The van der Waals surface area contributed by atoms with Gasteiger partial charge in [0.05, 0.1) is 11.5 Å². The number of hydrogen-bond donors (Lipinski definition) is 1. The Morgan fingerprint density at radius 1 is 1.13 bits per heavy atom. The molecule has 8 heteroatoms. The number of carbonyl (C=O) groups excluding carboxylic acids is 1. The van der Waals surface area contributed by atoms with Crippen LogP contribution in [0.1, 0.15) is 6.42 Å². The number of rotatable bonds is 2. The van der Waals surface area contributed by atoms with Crippen molar-refractivity contribution in [2.45, 2.75) is 12.5 Å². The number of piperazine rings is 1. The van der Waals surface area contributed by atoms with E-state index in [1.165, 1.54) is 24.3 Å². The van der Waals surface area contributed by atoms with Crippen LogP contribution in [-0.2, 0) is 9.84 Å². The predicted molar refractivity (Wildman–Crippen MR) is 85.6 cm³/mol. The Balaban J connectivity index is 1.50. The first-order valence-corrected chi connectivity index (χ1v) is 9.51. The number of hydrogen-bond acceptors (Lipinski definition) is 4. The van der Waals surface area contributed by atoms with E-state index in [1.54, 1.807) is 4.90 Å². The summed E-state index contributed by atoms with van der Waals surface area (Å²) >= 11 is 0. The average Bonchev–Trinajstić information content (AvgIpc) is 2.90. The van der Waals surface area contributed by atoms with Crippen molar-refractivity contribution in [3.8, 4) is 0 Å². The van der Waals surface area contributed by atoms with Crippen LogP contribution in [0.5, 0.6) is 0 Å². The standard InChI is InChI=1S/C15H20FN3O3S/c16-12-1-3-13(4-2-12)17-15(20)19-8-6-18(7-9-19)14-5-10-23(21,22)11-14/h1-4,14H,5-11H2,(H,17,20)/t14-/m1/s1. The molecule has 2 aliphatic rings. The van der Waals surface area contributed by atoms with E-state index in [0.29, 0.717) is 38.3 Å². The highest BCUT2D eigenvalue weighted by Gasteiger charge is 2.34. The molecule has 1 aromatic carbocycles. The Kier molecular flexibility index (Phi) is 4.54. The van der Waals surface area contributed by atoms with Crippen LogP contribution in [0.3, 0.4) is 0 Å². The van der Waals surface area contributed by atoms with Gasteiger partial charge in [0, 0.05) is 37.9 Å². The molecule has 0 bridgehead atoms. The van der Waals surface area contributed by atoms with Gasteiger partial charge in [0.2, 0.25) is 0 Å². The van der Waals surface area contributed by atoms with E-state index in [9.17, 15) is 17.6 Å². The van der Waals surface area contributed by atoms with Gasteiger partial charge in [0.15, 0.2) is 9.84 Å². The summed E-state index contributed by atoms with van der Waals surface area (Å²) < 4.78 is 36.0. The second kappa shape index (κ2) is 6.45. The van der Waals surface area contributed by atoms with E-state index in [1.807, 2.05) is 0 Å². The van der Waals surface area contributed by atoms with Crippen LogP contribution in [0.2, 0.25) is 0 Å². The smallest absolute Gasteiger partial charge is 0.321 e. The highest BCUT2D eigenvalue weighted by molar-refractivity contribution is 7.91. The molecule has 1 atom stereocenters. The number of halogens is 1. The molecule has 2 amide bonds. The minimum Gasteiger partial charge on any atom is -0.322 e. The highest BCUT2D eigenvalue weighted by Crippen LogP contribution is 2.19. The number of benzene rings is 1. The average molecular weight is 341 g/mol. The Labute approximate surface area is 135 Å². The summed E-state index contributed by atoms with van der Waals surface area (Å²) in [5.74, 6) is 0.153. The molecule has 23 heavy (non-hydrogen) atoms. The van der Waals surface area contributed by atoms with Gasteiger partial charge in [0.1, 0.15) is 5.82 Å². The molecule has 0 aliphatic carbocycles. The molecular formula is C15H20FN3O3S. The van der Waals surface area contributed by atoms with Gasteiger partial charge >= 0.3 is 6.03 Å². The minimum atomic E-state index is -2.88. The van der Waals surface area contributed by atoms with Crippen LogP contribution in [0.4, 0.5) is 14.9 Å². The third kappa shape index (κ3) is 4.00. The van der Waals surface area contributed by atoms with Crippen LogP contribution in [0, 0.1) is 5.82 Å². The molecule has 2 saturated heterocycles. The maximum absolute atomic E-state index is 12.9. The fourth-order valence-corrected chi connectivity index (χ4v) is 4.85. The van der Waals surface area contributed by atoms with Crippen LogP contribution in [0.15, 0.2) is 24.3 Å². The molecule has 0 unspecified atom stereocenters. The lowest BCUT2D eigenvalue weighted by atomic mass is 10.2. The number of anilines is 1. The first-order valence-electron chi connectivity index (χ1n) is 7.69. The number of sulfone groups is 1. The summed E-state index contributed by atoms with van der Waals surface area (Å²) in [6.45, 7) is 2.47. The molecule has 0 radical (unpaired) electrons. The Morgan fingerprint density at radius 2 is 1.78 bits per heavy atom. The largest absolute Gasteiger partial charge is 0.322 e. The number of nitrogens with zero attached hydrogens (tertiary/aromatic N) is 2. The molecule has 126 valence electrons. The van der Waals surface area contributed by atoms with E-state index in [2.05, 4.69) is 10.2 Å². The van der Waals surface area contributed by atoms with Crippen LogP contribution >= 0.6 is 0 Å². The maximum atomic E-state index is 12.9. The summed E-state index contributed by atoms with van der Waals surface area (Å²) in [4.78, 5) is 16.0. The van der Waals surface area contributed by atoms with E-state index in [0.717, 1.165) is 0 Å². The monoisotopic (exact) mass is 341 g/mol. The maximum Gasteiger partial charge on any atom is 0.321 e. The molecule has 1 N–H and O–H groups in total. The van der Waals surface area contributed by atoms with Gasteiger partial charge in [0.25, 0.3) is 0 Å². The third-order valence-corrected chi connectivity index (χ3v) is 6.17. The molecule has 0 aromatic heterocycles. The molecule has 1 aromatic rings. The van der Waals surface area contributed by atoms with Crippen molar-refractivity contribution in [1.82, 2.24) is 9.80 Å². The molecule has 2 heterocycles. The van der Waals surface area contributed by atoms with Crippen molar-refractivity contribution in [2.75, 3.05) is 43.0 Å². The second-order valence-corrected chi connectivity index (χ2v) is 8.25. The van der Waals surface area contributed by atoms with Crippen molar-refractivity contribution in [3.63, 3.8) is 0 Å². The van der Waals surface area contributed by atoms with Gasteiger partial charge < -0.3 is 10.2 Å². The quantitative estimate of drug-likeness (QED) is 0.876. The molecule has 6 nitrogen and oxygen atoms in total. The molecule has 2 fully saturated rings. The van der Waals surface area contributed by atoms with Gasteiger partial charge in [-0.3, -0.25) is 4.90 Å². The minimum absolute atomic E-state index is 0.0855. The summed E-state index contributed by atoms with van der Waals surface area (Å²) in [6.07, 6.45) is 0.685. The second-order valence-electron chi connectivity index (χ2n) is 6.02. The fraction of sp³-hybridized carbons (Fsp3) is 0.533.